The lowest BCUT2D eigenvalue weighted by molar-refractivity contribution is -0.253. The van der Waals surface area contributed by atoms with Crippen LogP contribution in [0, 0.1) is 0 Å². The van der Waals surface area contributed by atoms with E-state index < -0.39 is 12.3 Å². The zero-order valence-electron chi connectivity index (χ0n) is 22.4. The lowest BCUT2D eigenvalue weighted by Crippen LogP contribution is -2.44. The minimum Gasteiger partial charge on any atom is -0.481 e. The summed E-state index contributed by atoms with van der Waals surface area (Å²) in [6.07, 6.45) is 2.65. The van der Waals surface area contributed by atoms with Crippen LogP contribution in [0.1, 0.15) is 73.2 Å². The van der Waals surface area contributed by atoms with Crippen LogP contribution in [0.4, 0.5) is 0 Å². The Kier molecular flexibility index (Phi) is 11.3. The van der Waals surface area contributed by atoms with Gasteiger partial charge in [-0.15, -0.1) is 0 Å². The third-order valence-corrected chi connectivity index (χ3v) is 7.22. The van der Waals surface area contributed by atoms with Gasteiger partial charge in [0, 0.05) is 51.0 Å². The van der Waals surface area contributed by atoms with Crippen molar-refractivity contribution < 1.29 is 34.0 Å². The van der Waals surface area contributed by atoms with Crippen molar-refractivity contribution in [1.29, 1.82) is 0 Å². The maximum Gasteiger partial charge on any atom is 0.303 e. The molecular formula is C30H40N2O7. The van der Waals surface area contributed by atoms with Crippen LogP contribution in [-0.2, 0) is 37.0 Å². The molecule has 9 heteroatoms. The molecule has 2 heterocycles. The molecule has 2 aromatic rings. The van der Waals surface area contributed by atoms with Gasteiger partial charge in [-0.25, -0.2) is 0 Å². The molecule has 9 nitrogen and oxygen atoms in total. The number of amides is 1. The summed E-state index contributed by atoms with van der Waals surface area (Å²) in [5.41, 5.74) is 3.84. The summed E-state index contributed by atoms with van der Waals surface area (Å²) in [6, 6.07) is 15.8. The second kappa shape index (κ2) is 15.1. The first-order valence-corrected chi connectivity index (χ1v) is 13.9. The van der Waals surface area contributed by atoms with Crippen molar-refractivity contribution in [3.8, 4) is 0 Å². The Bertz CT molecular complexity index is 1040. The largest absolute Gasteiger partial charge is 0.481 e. The molecule has 3 atom stereocenters. The number of carboxylic acid groups (broad SMARTS) is 1. The lowest BCUT2D eigenvalue weighted by Gasteiger charge is -2.39. The molecule has 0 unspecified atom stereocenters. The molecule has 0 aliphatic carbocycles. The number of aliphatic carboxylic acids is 1. The van der Waals surface area contributed by atoms with Gasteiger partial charge in [0.15, 0.2) is 6.29 Å². The summed E-state index contributed by atoms with van der Waals surface area (Å²) in [7, 11) is 0. The molecule has 2 aromatic carbocycles. The van der Waals surface area contributed by atoms with Crippen molar-refractivity contribution >= 4 is 11.9 Å². The zero-order valence-corrected chi connectivity index (χ0v) is 22.4. The fraction of sp³-hybridized carbons (Fsp3) is 0.533. The minimum absolute atomic E-state index is 0.00108. The van der Waals surface area contributed by atoms with Crippen molar-refractivity contribution in [2.24, 2.45) is 0 Å². The number of rotatable bonds is 13. The summed E-state index contributed by atoms with van der Waals surface area (Å²) >= 11 is 0. The van der Waals surface area contributed by atoms with E-state index in [0.29, 0.717) is 25.8 Å². The van der Waals surface area contributed by atoms with E-state index in [4.69, 9.17) is 19.3 Å². The fourth-order valence-corrected chi connectivity index (χ4v) is 4.92. The second-order valence-corrected chi connectivity index (χ2v) is 10.2. The van der Waals surface area contributed by atoms with Crippen molar-refractivity contribution in [1.82, 2.24) is 10.2 Å². The SMILES string of the molecule is O=C(O)CCCCCC(=O)NCc1ccc([C@@H]2O[C@H](CN3CCOCC3)C[C@H](c3ccc(CO)cc3)O2)cc1. The van der Waals surface area contributed by atoms with Crippen LogP contribution in [0.3, 0.4) is 0 Å². The van der Waals surface area contributed by atoms with Crippen molar-refractivity contribution in [2.45, 2.75) is 70.2 Å². The van der Waals surface area contributed by atoms with Crippen LogP contribution in [0.25, 0.3) is 0 Å². The molecule has 0 bridgehead atoms. The Hall–Kier alpha value is -2.82. The quantitative estimate of drug-likeness (QED) is 0.329. The van der Waals surface area contributed by atoms with E-state index in [-0.39, 0.29) is 31.1 Å². The van der Waals surface area contributed by atoms with Crippen molar-refractivity contribution in [3.63, 3.8) is 0 Å². The lowest BCUT2D eigenvalue weighted by atomic mass is 9.99. The van der Waals surface area contributed by atoms with E-state index in [0.717, 1.165) is 67.9 Å². The number of ether oxygens (including phenoxy) is 3. The van der Waals surface area contributed by atoms with Gasteiger partial charge < -0.3 is 29.7 Å². The van der Waals surface area contributed by atoms with Gasteiger partial charge in [-0.3, -0.25) is 14.5 Å². The molecule has 4 rings (SSSR count). The normalized spacial score (nSPS) is 21.9. The molecule has 2 fully saturated rings. The van der Waals surface area contributed by atoms with E-state index in [9.17, 15) is 14.7 Å². The van der Waals surface area contributed by atoms with Gasteiger partial charge in [0.1, 0.15) is 0 Å². The Morgan fingerprint density at radius 2 is 1.54 bits per heavy atom. The van der Waals surface area contributed by atoms with Gasteiger partial charge in [0.05, 0.1) is 32.0 Å². The van der Waals surface area contributed by atoms with Crippen molar-refractivity contribution in [3.05, 3.63) is 70.8 Å². The van der Waals surface area contributed by atoms with Gasteiger partial charge in [-0.1, -0.05) is 55.0 Å². The van der Waals surface area contributed by atoms with E-state index >= 15 is 0 Å². The first-order valence-electron chi connectivity index (χ1n) is 13.9. The molecule has 1 amide bonds. The Labute approximate surface area is 230 Å². The summed E-state index contributed by atoms with van der Waals surface area (Å²) in [4.78, 5) is 25.1. The van der Waals surface area contributed by atoms with E-state index in [1.807, 2.05) is 48.5 Å². The molecular weight excluding hydrogens is 500 g/mol. The Morgan fingerprint density at radius 3 is 2.23 bits per heavy atom. The number of nitrogens with one attached hydrogen (secondary N) is 1. The molecule has 0 aromatic heterocycles. The number of aliphatic hydroxyl groups excluding tert-OH is 1. The number of hydrogen-bond acceptors (Lipinski definition) is 7. The number of morpholine rings is 1. The van der Waals surface area contributed by atoms with E-state index in [1.165, 1.54) is 0 Å². The van der Waals surface area contributed by atoms with Gasteiger partial charge in [-0.2, -0.15) is 0 Å². The number of aliphatic hydroxyl groups is 1. The molecule has 2 aliphatic rings. The van der Waals surface area contributed by atoms with Gasteiger partial charge in [0.2, 0.25) is 5.91 Å². The van der Waals surface area contributed by atoms with E-state index in [1.54, 1.807) is 0 Å². The molecule has 0 spiro atoms. The third kappa shape index (κ3) is 9.40. The number of benzene rings is 2. The maximum absolute atomic E-state index is 12.1. The smallest absolute Gasteiger partial charge is 0.303 e. The van der Waals surface area contributed by atoms with Gasteiger partial charge in [0.25, 0.3) is 0 Å². The first kappa shape index (κ1) is 29.2. The van der Waals surface area contributed by atoms with Crippen LogP contribution >= 0.6 is 0 Å². The van der Waals surface area contributed by atoms with Gasteiger partial charge in [-0.05, 0) is 29.5 Å². The average molecular weight is 541 g/mol. The number of nitrogens with zero attached hydrogens (tertiary/aromatic N) is 1. The average Bonchev–Trinajstić information content (AvgIpc) is 2.96. The number of carbonyl (C=O) groups excluding carboxylic acids is 1. The Balaban J connectivity index is 1.33. The predicted octanol–water partition coefficient (Wildman–Crippen LogP) is 3.71. The molecule has 0 radical (unpaired) electrons. The monoisotopic (exact) mass is 540 g/mol. The highest BCUT2D eigenvalue weighted by molar-refractivity contribution is 5.75. The van der Waals surface area contributed by atoms with Crippen LogP contribution in [0.2, 0.25) is 0 Å². The molecule has 0 saturated carbocycles. The second-order valence-electron chi connectivity index (χ2n) is 10.2. The number of carbonyl (C=O) groups is 2. The molecule has 212 valence electrons. The molecule has 39 heavy (non-hydrogen) atoms. The zero-order chi connectivity index (χ0) is 27.5. The summed E-state index contributed by atoms with van der Waals surface area (Å²) in [6.45, 7) is 4.52. The Morgan fingerprint density at radius 1 is 0.872 bits per heavy atom. The van der Waals surface area contributed by atoms with Crippen molar-refractivity contribution in [2.75, 3.05) is 32.8 Å². The first-order chi connectivity index (χ1) is 19.0. The maximum atomic E-state index is 12.1. The number of unbranched alkanes of at least 4 members (excludes halogenated alkanes) is 2. The summed E-state index contributed by atoms with van der Waals surface area (Å²) in [5, 5.41) is 21.0. The topological polar surface area (TPSA) is 118 Å². The van der Waals surface area contributed by atoms with Crippen LogP contribution < -0.4 is 5.32 Å². The summed E-state index contributed by atoms with van der Waals surface area (Å²) in [5.74, 6) is -0.832. The van der Waals surface area contributed by atoms with Gasteiger partial charge >= 0.3 is 5.97 Å². The highest BCUT2D eigenvalue weighted by Crippen LogP contribution is 2.38. The molecule has 2 aliphatic heterocycles. The van der Waals surface area contributed by atoms with Crippen LogP contribution in [-0.4, -0.2) is 65.9 Å². The standard InChI is InChI=1S/C30H40N2O7/c33-21-23-8-10-24(11-9-23)27-18-26(20-32-14-16-37-17-15-32)38-30(39-27)25-12-6-22(7-13-25)19-31-28(34)4-2-1-3-5-29(35)36/h6-13,26-27,30,33H,1-5,14-21H2,(H,31,34)(H,35,36)/t26-,27+,30+/m0/s1. The van der Waals surface area contributed by atoms with E-state index in [2.05, 4.69) is 10.2 Å². The molecule has 2 saturated heterocycles. The number of hydrogen-bond donors (Lipinski definition) is 3. The predicted molar refractivity (Wildman–Crippen MR) is 145 cm³/mol. The fourth-order valence-electron chi connectivity index (χ4n) is 4.92. The highest BCUT2D eigenvalue weighted by Gasteiger charge is 2.33. The number of carboxylic acids is 1. The van der Waals surface area contributed by atoms with Crippen LogP contribution in [0.15, 0.2) is 48.5 Å². The third-order valence-electron chi connectivity index (χ3n) is 7.22. The minimum atomic E-state index is -0.799. The molecule has 3 N–H and O–H groups in total. The highest BCUT2D eigenvalue weighted by atomic mass is 16.7. The van der Waals surface area contributed by atoms with Crippen LogP contribution in [0.5, 0.6) is 0 Å². The summed E-state index contributed by atoms with van der Waals surface area (Å²) < 4.78 is 18.4.